The fraction of sp³-hybridized carbons (Fsp3) is 0.323. The molecule has 0 spiro atoms. The van der Waals surface area contributed by atoms with Crippen molar-refractivity contribution in [3.05, 3.63) is 89.5 Å². The molecule has 0 heterocycles. The third-order valence-electron chi connectivity index (χ3n) is 6.25. The number of aryl methyl sites for hydroxylation is 1. The second-order valence-corrected chi connectivity index (χ2v) is 10.4. The summed E-state index contributed by atoms with van der Waals surface area (Å²) in [5, 5.41) is 5.72. The highest BCUT2D eigenvalue weighted by Gasteiger charge is 2.31. The van der Waals surface area contributed by atoms with Gasteiger partial charge in [-0.1, -0.05) is 66.7 Å². The molecule has 2 amide bonds. The summed E-state index contributed by atoms with van der Waals surface area (Å²) in [7, 11) is 0. The second-order valence-electron chi connectivity index (χ2n) is 10.4. The number of nitrogens with one attached hydrogen (secondary N) is 2. The SMILES string of the molecule is CC(C)NC(=O)c1c(-c2ccccc2)ccc(C(=O)C(CCCc2ccccc2)NC(=O)C(C)(C)N)c1N. The number of amides is 2. The molecule has 7 heteroatoms. The van der Waals surface area contributed by atoms with Crippen LogP contribution in [-0.2, 0) is 11.2 Å². The lowest BCUT2D eigenvalue weighted by atomic mass is 9.90. The van der Waals surface area contributed by atoms with Crippen LogP contribution in [0.4, 0.5) is 5.69 Å². The quantitative estimate of drug-likeness (QED) is 0.221. The number of hydrogen-bond donors (Lipinski definition) is 4. The molecule has 0 aliphatic heterocycles. The van der Waals surface area contributed by atoms with Gasteiger partial charge in [0.05, 0.1) is 22.8 Å². The largest absolute Gasteiger partial charge is 0.397 e. The zero-order valence-electron chi connectivity index (χ0n) is 22.6. The molecule has 38 heavy (non-hydrogen) atoms. The van der Waals surface area contributed by atoms with Crippen LogP contribution in [0.2, 0.25) is 0 Å². The lowest BCUT2D eigenvalue weighted by Crippen LogP contribution is -2.54. The van der Waals surface area contributed by atoms with Crippen LogP contribution in [0.1, 0.15) is 66.8 Å². The Bertz CT molecular complexity index is 1270. The predicted molar refractivity (Wildman–Crippen MR) is 153 cm³/mol. The van der Waals surface area contributed by atoms with E-state index in [1.807, 2.05) is 74.5 Å². The first kappa shape index (κ1) is 28.6. The van der Waals surface area contributed by atoms with Gasteiger partial charge in [0.1, 0.15) is 0 Å². The topological polar surface area (TPSA) is 127 Å². The summed E-state index contributed by atoms with van der Waals surface area (Å²) in [6.45, 7) is 6.90. The van der Waals surface area contributed by atoms with Gasteiger partial charge in [0.25, 0.3) is 5.91 Å². The van der Waals surface area contributed by atoms with Crippen molar-refractivity contribution in [1.29, 1.82) is 0 Å². The van der Waals surface area contributed by atoms with Crippen LogP contribution in [0, 0.1) is 0 Å². The molecule has 1 unspecified atom stereocenters. The maximum atomic E-state index is 13.8. The zero-order chi connectivity index (χ0) is 27.9. The van der Waals surface area contributed by atoms with Crippen LogP contribution < -0.4 is 22.1 Å². The monoisotopic (exact) mass is 514 g/mol. The Hall–Kier alpha value is -3.97. The second kappa shape index (κ2) is 12.5. The van der Waals surface area contributed by atoms with Gasteiger partial charge in [-0.2, -0.15) is 0 Å². The van der Waals surface area contributed by atoms with Crippen LogP contribution in [-0.4, -0.2) is 35.2 Å². The van der Waals surface area contributed by atoms with Gasteiger partial charge in [0.15, 0.2) is 5.78 Å². The molecule has 3 aromatic rings. The number of Topliss-reactive ketones (excluding diaryl/α,β-unsaturated/α-hetero) is 1. The van der Waals surface area contributed by atoms with Crippen molar-refractivity contribution in [1.82, 2.24) is 10.6 Å². The average Bonchev–Trinajstić information content (AvgIpc) is 2.87. The molecule has 7 nitrogen and oxygen atoms in total. The molecule has 0 radical (unpaired) electrons. The van der Waals surface area contributed by atoms with Crippen LogP contribution in [0.25, 0.3) is 11.1 Å². The fourth-order valence-electron chi connectivity index (χ4n) is 4.23. The summed E-state index contributed by atoms with van der Waals surface area (Å²) < 4.78 is 0. The number of anilines is 1. The van der Waals surface area contributed by atoms with E-state index in [9.17, 15) is 14.4 Å². The van der Waals surface area contributed by atoms with Crippen LogP contribution >= 0.6 is 0 Å². The lowest BCUT2D eigenvalue weighted by molar-refractivity contribution is -0.125. The minimum Gasteiger partial charge on any atom is -0.397 e. The molecule has 3 aromatic carbocycles. The van der Waals surface area contributed by atoms with Gasteiger partial charge in [-0.3, -0.25) is 14.4 Å². The van der Waals surface area contributed by atoms with Crippen LogP contribution in [0.15, 0.2) is 72.8 Å². The van der Waals surface area contributed by atoms with E-state index in [-0.39, 0.29) is 34.5 Å². The standard InChI is InChI=1S/C31H38N4O3/c1-20(2)34-29(37)26-23(22-15-9-6-10-16-22)18-19-24(27(26)32)28(36)25(35-30(38)31(3,4)33)17-11-14-21-12-7-5-8-13-21/h5-10,12-13,15-16,18-20,25H,11,14,17,32-33H2,1-4H3,(H,34,37)(H,35,38). The van der Waals surface area contributed by atoms with Gasteiger partial charge >= 0.3 is 0 Å². The van der Waals surface area contributed by atoms with Crippen molar-refractivity contribution < 1.29 is 14.4 Å². The summed E-state index contributed by atoms with van der Waals surface area (Å²) in [5.41, 5.74) is 14.5. The molecule has 0 fully saturated rings. The Morgan fingerprint density at radius 1 is 0.868 bits per heavy atom. The molecular formula is C31H38N4O3. The number of benzene rings is 3. The Kier molecular flexibility index (Phi) is 9.42. The molecule has 0 aromatic heterocycles. The first-order chi connectivity index (χ1) is 18.0. The van der Waals surface area contributed by atoms with Gasteiger partial charge < -0.3 is 22.1 Å². The van der Waals surface area contributed by atoms with Gasteiger partial charge in [-0.25, -0.2) is 0 Å². The minimum atomic E-state index is -1.16. The number of ketones is 1. The summed E-state index contributed by atoms with van der Waals surface area (Å²) >= 11 is 0. The van der Waals surface area contributed by atoms with E-state index in [1.165, 1.54) is 0 Å². The van der Waals surface area contributed by atoms with E-state index in [1.54, 1.807) is 26.0 Å². The minimum absolute atomic E-state index is 0.0869. The van der Waals surface area contributed by atoms with Crippen molar-refractivity contribution in [2.45, 2.75) is 64.6 Å². The highest BCUT2D eigenvalue weighted by atomic mass is 16.2. The Morgan fingerprint density at radius 2 is 1.47 bits per heavy atom. The Balaban J connectivity index is 1.99. The van der Waals surface area contributed by atoms with Crippen molar-refractivity contribution in [2.24, 2.45) is 5.73 Å². The average molecular weight is 515 g/mol. The van der Waals surface area contributed by atoms with E-state index in [0.717, 1.165) is 17.5 Å². The maximum Gasteiger partial charge on any atom is 0.254 e. The van der Waals surface area contributed by atoms with E-state index in [0.29, 0.717) is 18.4 Å². The molecule has 0 aliphatic rings. The van der Waals surface area contributed by atoms with E-state index >= 15 is 0 Å². The Morgan fingerprint density at radius 3 is 2.05 bits per heavy atom. The third kappa shape index (κ3) is 7.29. The van der Waals surface area contributed by atoms with Crippen molar-refractivity contribution >= 4 is 23.3 Å². The summed E-state index contributed by atoms with van der Waals surface area (Å²) in [5.74, 6) is -1.15. The van der Waals surface area contributed by atoms with Crippen LogP contribution in [0.3, 0.4) is 0 Å². The molecule has 6 N–H and O–H groups in total. The predicted octanol–water partition coefficient (Wildman–Crippen LogP) is 4.50. The maximum absolute atomic E-state index is 13.8. The number of nitrogens with two attached hydrogens (primary N) is 2. The van der Waals surface area contributed by atoms with E-state index in [2.05, 4.69) is 10.6 Å². The van der Waals surface area contributed by atoms with Crippen molar-refractivity contribution in [3.8, 4) is 11.1 Å². The van der Waals surface area contributed by atoms with E-state index in [4.69, 9.17) is 11.5 Å². The van der Waals surface area contributed by atoms with Gasteiger partial charge in [0, 0.05) is 11.6 Å². The molecule has 0 bridgehead atoms. The normalized spacial score (nSPS) is 12.2. The highest BCUT2D eigenvalue weighted by molar-refractivity contribution is 6.13. The number of hydrogen-bond acceptors (Lipinski definition) is 5. The summed E-state index contributed by atoms with van der Waals surface area (Å²) in [6.07, 6.45) is 1.80. The van der Waals surface area contributed by atoms with E-state index < -0.39 is 17.5 Å². The molecule has 0 aliphatic carbocycles. The zero-order valence-corrected chi connectivity index (χ0v) is 22.6. The van der Waals surface area contributed by atoms with Gasteiger partial charge in [-0.15, -0.1) is 0 Å². The first-order valence-corrected chi connectivity index (χ1v) is 13.0. The molecule has 200 valence electrons. The first-order valence-electron chi connectivity index (χ1n) is 13.0. The van der Waals surface area contributed by atoms with Gasteiger partial charge in [-0.05, 0) is 69.7 Å². The molecular weight excluding hydrogens is 476 g/mol. The van der Waals surface area contributed by atoms with Gasteiger partial charge in [0.2, 0.25) is 5.91 Å². The summed E-state index contributed by atoms with van der Waals surface area (Å²) in [6, 6.07) is 21.8. The number of rotatable bonds is 11. The van der Waals surface area contributed by atoms with Crippen molar-refractivity contribution in [3.63, 3.8) is 0 Å². The molecule has 3 rings (SSSR count). The number of carbonyl (C=O) groups excluding carboxylic acids is 3. The molecule has 0 saturated heterocycles. The lowest BCUT2D eigenvalue weighted by Gasteiger charge is -2.25. The smallest absolute Gasteiger partial charge is 0.254 e. The molecule has 0 saturated carbocycles. The highest BCUT2D eigenvalue weighted by Crippen LogP contribution is 2.31. The Labute approximate surface area is 225 Å². The van der Waals surface area contributed by atoms with Crippen molar-refractivity contribution in [2.75, 3.05) is 5.73 Å². The number of carbonyl (C=O) groups is 3. The van der Waals surface area contributed by atoms with Crippen LogP contribution in [0.5, 0.6) is 0 Å². The fourth-order valence-corrected chi connectivity index (χ4v) is 4.23. The third-order valence-corrected chi connectivity index (χ3v) is 6.25. The number of nitrogen functional groups attached to an aromatic ring is 1. The molecule has 1 atom stereocenters. The summed E-state index contributed by atoms with van der Waals surface area (Å²) in [4.78, 5) is 39.9.